The van der Waals surface area contributed by atoms with Gasteiger partial charge in [0.15, 0.2) is 0 Å². The van der Waals surface area contributed by atoms with E-state index in [1.165, 1.54) is 6.07 Å². The molecule has 2 aromatic rings. The van der Waals surface area contributed by atoms with Gasteiger partial charge in [-0.15, -0.1) is 0 Å². The number of ether oxygens (including phenoxy) is 1. The molecule has 0 unspecified atom stereocenters. The minimum atomic E-state index is -1.26. The van der Waals surface area contributed by atoms with E-state index in [0.717, 1.165) is 4.68 Å². The Kier molecular flexibility index (Phi) is 4.37. The Morgan fingerprint density at radius 1 is 1.33 bits per heavy atom. The van der Waals surface area contributed by atoms with Crippen molar-refractivity contribution in [3.63, 3.8) is 0 Å². The van der Waals surface area contributed by atoms with Crippen LogP contribution in [0.4, 0.5) is 0 Å². The smallest absolute Gasteiger partial charge is 0.341 e. The third kappa shape index (κ3) is 3.10. The van der Waals surface area contributed by atoms with Crippen LogP contribution >= 0.6 is 0 Å². The molecular formula is C15H16N2O4. The van der Waals surface area contributed by atoms with Gasteiger partial charge < -0.3 is 9.84 Å². The summed E-state index contributed by atoms with van der Waals surface area (Å²) < 4.78 is 6.56. The van der Waals surface area contributed by atoms with Gasteiger partial charge in [-0.05, 0) is 32.0 Å². The molecule has 0 aliphatic rings. The average molecular weight is 288 g/mol. The summed E-state index contributed by atoms with van der Waals surface area (Å²) >= 11 is 0. The SMILES string of the molecule is CCOc1cccc(-c2cc(C(=O)O)c(=O)n(CC)n2)c1. The van der Waals surface area contributed by atoms with Gasteiger partial charge in [-0.25, -0.2) is 9.48 Å². The van der Waals surface area contributed by atoms with E-state index < -0.39 is 11.5 Å². The average Bonchev–Trinajstić information content (AvgIpc) is 2.48. The molecule has 0 radical (unpaired) electrons. The van der Waals surface area contributed by atoms with Crippen LogP contribution < -0.4 is 10.3 Å². The second-order valence-electron chi connectivity index (χ2n) is 4.33. The van der Waals surface area contributed by atoms with Crippen LogP contribution in [0.3, 0.4) is 0 Å². The van der Waals surface area contributed by atoms with Crippen molar-refractivity contribution in [2.75, 3.05) is 6.61 Å². The van der Waals surface area contributed by atoms with Crippen LogP contribution in [0.5, 0.6) is 5.75 Å². The summed E-state index contributed by atoms with van der Waals surface area (Å²) in [6.45, 7) is 4.45. The van der Waals surface area contributed by atoms with Gasteiger partial charge in [-0.2, -0.15) is 5.10 Å². The van der Waals surface area contributed by atoms with E-state index >= 15 is 0 Å². The molecule has 1 N–H and O–H groups in total. The Bertz CT molecular complexity index is 722. The fraction of sp³-hybridized carbons (Fsp3) is 0.267. The predicted octanol–water partition coefficient (Wildman–Crippen LogP) is 2.03. The highest BCUT2D eigenvalue weighted by Gasteiger charge is 2.15. The fourth-order valence-corrected chi connectivity index (χ4v) is 1.96. The number of benzene rings is 1. The molecule has 0 atom stereocenters. The van der Waals surface area contributed by atoms with E-state index in [0.29, 0.717) is 30.2 Å². The van der Waals surface area contributed by atoms with Crippen LogP contribution in [0.25, 0.3) is 11.3 Å². The molecule has 1 heterocycles. The Morgan fingerprint density at radius 3 is 2.71 bits per heavy atom. The Hall–Kier alpha value is -2.63. The van der Waals surface area contributed by atoms with Crippen molar-refractivity contribution in [2.24, 2.45) is 0 Å². The third-order valence-corrected chi connectivity index (χ3v) is 2.95. The zero-order valence-electron chi connectivity index (χ0n) is 11.9. The molecular weight excluding hydrogens is 272 g/mol. The maximum absolute atomic E-state index is 11.9. The lowest BCUT2D eigenvalue weighted by molar-refractivity contribution is 0.0693. The standard InChI is InChI=1S/C15H16N2O4/c1-3-17-14(18)12(15(19)20)9-13(16-17)10-6-5-7-11(8-10)21-4-2/h5-9H,3-4H2,1-2H3,(H,19,20). The molecule has 1 aromatic heterocycles. The topological polar surface area (TPSA) is 81.4 Å². The summed E-state index contributed by atoms with van der Waals surface area (Å²) in [5.41, 5.74) is 0.236. The molecule has 0 fully saturated rings. The minimum absolute atomic E-state index is 0.288. The first-order valence-corrected chi connectivity index (χ1v) is 6.65. The van der Waals surface area contributed by atoms with Crippen molar-refractivity contribution in [1.82, 2.24) is 9.78 Å². The lowest BCUT2D eigenvalue weighted by Crippen LogP contribution is -2.28. The van der Waals surface area contributed by atoms with E-state index in [4.69, 9.17) is 9.84 Å². The molecule has 21 heavy (non-hydrogen) atoms. The van der Waals surface area contributed by atoms with E-state index in [1.807, 2.05) is 6.92 Å². The van der Waals surface area contributed by atoms with Crippen LogP contribution in [0.2, 0.25) is 0 Å². The fourth-order valence-electron chi connectivity index (χ4n) is 1.96. The van der Waals surface area contributed by atoms with Gasteiger partial charge in [0.25, 0.3) is 5.56 Å². The summed E-state index contributed by atoms with van der Waals surface area (Å²) in [4.78, 5) is 23.1. The molecule has 0 aliphatic heterocycles. The first-order chi connectivity index (χ1) is 10.1. The van der Waals surface area contributed by atoms with Gasteiger partial charge in [-0.1, -0.05) is 12.1 Å². The van der Waals surface area contributed by atoms with Crippen LogP contribution in [0, 0.1) is 0 Å². The number of hydrogen-bond acceptors (Lipinski definition) is 4. The first-order valence-electron chi connectivity index (χ1n) is 6.65. The van der Waals surface area contributed by atoms with Crippen molar-refractivity contribution in [2.45, 2.75) is 20.4 Å². The molecule has 6 heteroatoms. The van der Waals surface area contributed by atoms with E-state index in [-0.39, 0.29) is 5.56 Å². The highest BCUT2D eigenvalue weighted by Crippen LogP contribution is 2.22. The summed E-state index contributed by atoms with van der Waals surface area (Å²) in [5, 5.41) is 13.3. The van der Waals surface area contributed by atoms with Gasteiger partial charge in [0.2, 0.25) is 0 Å². The predicted molar refractivity (Wildman–Crippen MR) is 77.7 cm³/mol. The number of aromatic nitrogens is 2. The van der Waals surface area contributed by atoms with Crippen LogP contribution in [0.1, 0.15) is 24.2 Å². The van der Waals surface area contributed by atoms with Crippen molar-refractivity contribution < 1.29 is 14.6 Å². The highest BCUT2D eigenvalue weighted by atomic mass is 16.5. The largest absolute Gasteiger partial charge is 0.494 e. The number of carbonyl (C=O) groups is 1. The minimum Gasteiger partial charge on any atom is -0.494 e. The molecule has 110 valence electrons. The number of hydrogen-bond donors (Lipinski definition) is 1. The van der Waals surface area contributed by atoms with Crippen molar-refractivity contribution in [3.05, 3.63) is 46.2 Å². The monoisotopic (exact) mass is 288 g/mol. The zero-order valence-corrected chi connectivity index (χ0v) is 11.9. The number of carboxylic acid groups (broad SMARTS) is 1. The summed E-state index contributed by atoms with van der Waals surface area (Å²) in [7, 11) is 0. The maximum atomic E-state index is 11.9. The van der Waals surface area contributed by atoms with Gasteiger partial charge in [0, 0.05) is 12.1 Å². The molecule has 0 saturated carbocycles. The number of rotatable bonds is 5. The van der Waals surface area contributed by atoms with Crippen molar-refractivity contribution in [1.29, 1.82) is 0 Å². The molecule has 0 aliphatic carbocycles. The second kappa shape index (κ2) is 6.21. The zero-order chi connectivity index (χ0) is 15.4. The van der Waals surface area contributed by atoms with E-state index in [9.17, 15) is 9.59 Å². The number of nitrogens with zero attached hydrogens (tertiary/aromatic N) is 2. The lowest BCUT2D eigenvalue weighted by Gasteiger charge is -2.09. The third-order valence-electron chi connectivity index (χ3n) is 2.95. The van der Waals surface area contributed by atoms with Gasteiger partial charge in [0.05, 0.1) is 12.3 Å². The highest BCUT2D eigenvalue weighted by molar-refractivity contribution is 5.88. The van der Waals surface area contributed by atoms with Crippen LogP contribution in [0.15, 0.2) is 35.1 Å². The van der Waals surface area contributed by atoms with Gasteiger partial charge in [-0.3, -0.25) is 4.79 Å². The molecule has 0 spiro atoms. The maximum Gasteiger partial charge on any atom is 0.341 e. The number of aromatic carboxylic acids is 1. The van der Waals surface area contributed by atoms with Crippen LogP contribution in [-0.4, -0.2) is 27.5 Å². The summed E-state index contributed by atoms with van der Waals surface area (Å²) in [6.07, 6.45) is 0. The van der Waals surface area contributed by atoms with Gasteiger partial charge in [0.1, 0.15) is 11.3 Å². The van der Waals surface area contributed by atoms with E-state index in [1.54, 1.807) is 31.2 Å². The first kappa shape index (κ1) is 14.8. The Labute approximate surface area is 121 Å². The molecule has 0 saturated heterocycles. The Morgan fingerprint density at radius 2 is 2.10 bits per heavy atom. The van der Waals surface area contributed by atoms with E-state index in [2.05, 4.69) is 5.10 Å². The molecule has 0 amide bonds. The van der Waals surface area contributed by atoms with Gasteiger partial charge >= 0.3 is 5.97 Å². The normalized spacial score (nSPS) is 10.4. The number of aryl methyl sites for hydroxylation is 1. The van der Waals surface area contributed by atoms with Crippen molar-refractivity contribution >= 4 is 5.97 Å². The Balaban J connectivity index is 2.58. The quantitative estimate of drug-likeness (QED) is 0.910. The second-order valence-corrected chi connectivity index (χ2v) is 4.33. The summed E-state index contributed by atoms with van der Waals surface area (Å²) in [5.74, 6) is -0.588. The lowest BCUT2D eigenvalue weighted by atomic mass is 10.1. The molecule has 1 aromatic carbocycles. The number of carboxylic acids is 1. The molecule has 0 bridgehead atoms. The summed E-state index contributed by atoms with van der Waals surface area (Å²) in [6, 6.07) is 8.45. The molecule has 6 nitrogen and oxygen atoms in total. The molecule has 2 rings (SSSR count). The van der Waals surface area contributed by atoms with Crippen LogP contribution in [-0.2, 0) is 6.54 Å². The van der Waals surface area contributed by atoms with Crippen molar-refractivity contribution in [3.8, 4) is 17.0 Å².